The molecule has 0 aliphatic carbocycles. The van der Waals surface area contributed by atoms with Crippen LogP contribution in [0.3, 0.4) is 0 Å². The Balaban J connectivity index is 3.24. The molecule has 3 N–H and O–H groups in total. The Labute approximate surface area is 116 Å². The monoisotopic (exact) mass is 287 g/mol. The summed E-state index contributed by atoms with van der Waals surface area (Å²) in [6.07, 6.45) is 0.0278. The van der Waals surface area contributed by atoms with E-state index in [1.54, 1.807) is 13.0 Å². The molecule has 20 heavy (non-hydrogen) atoms. The Morgan fingerprint density at radius 1 is 1.50 bits per heavy atom. The first-order valence-electron chi connectivity index (χ1n) is 6.21. The van der Waals surface area contributed by atoms with Crippen molar-refractivity contribution >= 4 is 5.97 Å². The van der Waals surface area contributed by atoms with Crippen LogP contribution in [0.1, 0.15) is 42.5 Å². The topological polar surface area (TPSA) is 72.5 Å². The maximum atomic E-state index is 13.6. The molecule has 0 saturated carbocycles. The maximum absolute atomic E-state index is 13.6. The Bertz CT molecular complexity index is 498. The van der Waals surface area contributed by atoms with Crippen molar-refractivity contribution in [3.63, 3.8) is 0 Å². The van der Waals surface area contributed by atoms with Gasteiger partial charge in [-0.15, -0.1) is 0 Å². The molecule has 0 saturated heterocycles. The first-order chi connectivity index (χ1) is 9.16. The highest BCUT2D eigenvalue weighted by Gasteiger charge is 2.31. The SMILES string of the molecule is COc1c(C(N)CCC(=O)O)cc(C)cc1C(C)(F)F. The zero-order valence-corrected chi connectivity index (χ0v) is 11.7. The van der Waals surface area contributed by atoms with Crippen LogP contribution >= 0.6 is 0 Å². The summed E-state index contributed by atoms with van der Waals surface area (Å²) >= 11 is 0. The van der Waals surface area contributed by atoms with Gasteiger partial charge in [-0.1, -0.05) is 11.6 Å². The number of nitrogens with two attached hydrogens (primary N) is 1. The summed E-state index contributed by atoms with van der Waals surface area (Å²) in [6.45, 7) is 2.47. The Kier molecular flexibility index (Phi) is 5.05. The molecule has 1 atom stereocenters. The molecule has 0 radical (unpaired) electrons. The quantitative estimate of drug-likeness (QED) is 0.843. The lowest BCUT2D eigenvalue weighted by atomic mass is 9.94. The first-order valence-corrected chi connectivity index (χ1v) is 6.21. The molecule has 1 rings (SSSR count). The largest absolute Gasteiger partial charge is 0.496 e. The van der Waals surface area contributed by atoms with Gasteiger partial charge in [-0.2, -0.15) is 0 Å². The molecule has 6 heteroatoms. The van der Waals surface area contributed by atoms with Crippen LogP contribution in [0.2, 0.25) is 0 Å². The highest BCUT2D eigenvalue weighted by Crippen LogP contribution is 2.40. The summed E-state index contributed by atoms with van der Waals surface area (Å²) in [5.41, 5.74) is 6.71. The number of aliphatic carboxylic acids is 1. The summed E-state index contributed by atoms with van der Waals surface area (Å²) in [5, 5.41) is 8.67. The highest BCUT2D eigenvalue weighted by molar-refractivity contribution is 5.66. The molecule has 0 aliphatic rings. The van der Waals surface area contributed by atoms with Crippen molar-refractivity contribution in [3.05, 3.63) is 28.8 Å². The lowest BCUT2D eigenvalue weighted by molar-refractivity contribution is -0.137. The molecule has 0 spiro atoms. The number of hydrogen-bond acceptors (Lipinski definition) is 3. The lowest BCUT2D eigenvalue weighted by Gasteiger charge is -2.22. The fourth-order valence-corrected chi connectivity index (χ4v) is 2.07. The zero-order valence-electron chi connectivity index (χ0n) is 11.7. The van der Waals surface area contributed by atoms with Crippen molar-refractivity contribution in [3.8, 4) is 5.75 Å². The average Bonchev–Trinajstić information content (AvgIpc) is 2.33. The number of alkyl halides is 2. The average molecular weight is 287 g/mol. The van der Waals surface area contributed by atoms with Gasteiger partial charge in [-0.05, 0) is 19.4 Å². The number of halogens is 2. The van der Waals surface area contributed by atoms with E-state index in [4.69, 9.17) is 15.6 Å². The van der Waals surface area contributed by atoms with Crippen molar-refractivity contribution in [1.29, 1.82) is 0 Å². The highest BCUT2D eigenvalue weighted by atomic mass is 19.3. The molecule has 0 fully saturated rings. The van der Waals surface area contributed by atoms with E-state index in [2.05, 4.69) is 0 Å². The summed E-state index contributed by atoms with van der Waals surface area (Å²) in [7, 11) is 1.30. The van der Waals surface area contributed by atoms with Crippen molar-refractivity contribution in [2.24, 2.45) is 5.73 Å². The van der Waals surface area contributed by atoms with E-state index in [-0.39, 0.29) is 24.2 Å². The number of ether oxygens (including phenoxy) is 1. The molecule has 0 aromatic heterocycles. The van der Waals surface area contributed by atoms with Gasteiger partial charge >= 0.3 is 5.97 Å². The molecule has 0 heterocycles. The number of methoxy groups -OCH3 is 1. The second-order valence-corrected chi connectivity index (χ2v) is 4.86. The summed E-state index contributed by atoms with van der Waals surface area (Å²) < 4.78 is 32.3. The predicted octanol–water partition coefficient (Wildman–Crippen LogP) is 2.98. The van der Waals surface area contributed by atoms with Crippen molar-refractivity contribution in [2.75, 3.05) is 7.11 Å². The van der Waals surface area contributed by atoms with Gasteiger partial charge in [-0.3, -0.25) is 4.79 Å². The molecule has 0 aliphatic heterocycles. The number of rotatable bonds is 6. The third-order valence-electron chi connectivity index (χ3n) is 3.01. The first kappa shape index (κ1) is 16.4. The van der Waals surface area contributed by atoms with Crippen LogP contribution < -0.4 is 10.5 Å². The van der Waals surface area contributed by atoms with Crippen LogP contribution in [0.4, 0.5) is 8.78 Å². The second-order valence-electron chi connectivity index (χ2n) is 4.86. The molecule has 1 aromatic carbocycles. The molecule has 1 aromatic rings. The lowest BCUT2D eigenvalue weighted by Crippen LogP contribution is -2.17. The van der Waals surface area contributed by atoms with E-state index in [1.807, 2.05) is 0 Å². The molecule has 4 nitrogen and oxygen atoms in total. The molecule has 0 bridgehead atoms. The summed E-state index contributed by atoms with van der Waals surface area (Å²) in [5.74, 6) is -4.01. The van der Waals surface area contributed by atoms with Crippen LogP contribution in [0, 0.1) is 6.92 Å². The van der Waals surface area contributed by atoms with Gasteiger partial charge in [0.1, 0.15) is 5.75 Å². The number of carboxylic acids is 1. The minimum atomic E-state index is -3.06. The molecule has 112 valence electrons. The number of benzene rings is 1. The van der Waals surface area contributed by atoms with Gasteiger partial charge in [-0.25, -0.2) is 8.78 Å². The number of aryl methyl sites for hydroxylation is 1. The molecular weight excluding hydrogens is 268 g/mol. The second kappa shape index (κ2) is 6.17. The third kappa shape index (κ3) is 3.90. The van der Waals surface area contributed by atoms with E-state index in [0.717, 1.165) is 6.92 Å². The van der Waals surface area contributed by atoms with E-state index in [1.165, 1.54) is 13.2 Å². The number of carboxylic acid groups (broad SMARTS) is 1. The smallest absolute Gasteiger partial charge is 0.303 e. The fraction of sp³-hybridized carbons (Fsp3) is 0.500. The van der Waals surface area contributed by atoms with Gasteiger partial charge in [0.15, 0.2) is 0 Å². The van der Waals surface area contributed by atoms with E-state index < -0.39 is 17.9 Å². The number of hydrogen-bond donors (Lipinski definition) is 2. The number of carbonyl (C=O) groups is 1. The van der Waals surface area contributed by atoms with E-state index >= 15 is 0 Å². The summed E-state index contributed by atoms with van der Waals surface area (Å²) in [6, 6.07) is 2.34. The van der Waals surface area contributed by atoms with Gasteiger partial charge in [0.05, 0.1) is 12.7 Å². The standard InChI is InChI=1S/C14H19F2NO3/c1-8-6-9(11(17)4-5-12(18)19)13(20-3)10(7-8)14(2,15)16/h6-7,11H,4-5,17H2,1-3H3,(H,18,19). The van der Waals surface area contributed by atoms with Gasteiger partial charge in [0.2, 0.25) is 0 Å². The van der Waals surface area contributed by atoms with Crippen LogP contribution in [0.15, 0.2) is 12.1 Å². The zero-order chi connectivity index (χ0) is 15.5. The maximum Gasteiger partial charge on any atom is 0.303 e. The van der Waals surface area contributed by atoms with Crippen LogP contribution in [-0.4, -0.2) is 18.2 Å². The molecule has 0 amide bonds. The van der Waals surface area contributed by atoms with Crippen LogP contribution in [0.25, 0.3) is 0 Å². The predicted molar refractivity (Wildman–Crippen MR) is 71.1 cm³/mol. The fourth-order valence-electron chi connectivity index (χ4n) is 2.07. The van der Waals surface area contributed by atoms with Crippen LogP contribution in [0.5, 0.6) is 5.75 Å². The van der Waals surface area contributed by atoms with E-state index in [9.17, 15) is 13.6 Å². The summed E-state index contributed by atoms with van der Waals surface area (Å²) in [4.78, 5) is 10.6. The van der Waals surface area contributed by atoms with E-state index in [0.29, 0.717) is 11.1 Å². The van der Waals surface area contributed by atoms with Crippen LogP contribution in [-0.2, 0) is 10.7 Å². The minimum Gasteiger partial charge on any atom is -0.496 e. The van der Waals surface area contributed by atoms with Gasteiger partial charge in [0, 0.05) is 24.9 Å². The Hall–Kier alpha value is -1.69. The Morgan fingerprint density at radius 3 is 2.55 bits per heavy atom. The van der Waals surface area contributed by atoms with Crippen molar-refractivity contribution < 1.29 is 23.4 Å². The third-order valence-corrected chi connectivity index (χ3v) is 3.01. The molecular formula is C14H19F2NO3. The Morgan fingerprint density at radius 2 is 2.10 bits per heavy atom. The minimum absolute atomic E-state index is 0.0287. The van der Waals surface area contributed by atoms with Crippen molar-refractivity contribution in [2.45, 2.75) is 38.7 Å². The molecule has 1 unspecified atom stereocenters. The van der Waals surface area contributed by atoms with Crippen molar-refractivity contribution in [1.82, 2.24) is 0 Å². The normalized spacial score (nSPS) is 13.1. The van der Waals surface area contributed by atoms with Gasteiger partial charge in [0.25, 0.3) is 5.92 Å². The van der Waals surface area contributed by atoms with Gasteiger partial charge < -0.3 is 15.6 Å².